The Morgan fingerprint density at radius 1 is 1.19 bits per heavy atom. The molecule has 0 saturated carbocycles. The summed E-state index contributed by atoms with van der Waals surface area (Å²) in [6.45, 7) is 0.924. The number of hydrogen-bond donors (Lipinski definition) is 1. The van der Waals surface area contributed by atoms with Gasteiger partial charge in [0.25, 0.3) is 0 Å². The van der Waals surface area contributed by atoms with Crippen LogP contribution in [0.5, 0.6) is 5.75 Å². The number of rotatable bonds is 4. The molecule has 1 N–H and O–H groups in total. The van der Waals surface area contributed by atoms with Gasteiger partial charge >= 0.3 is 0 Å². The molecule has 0 unspecified atom stereocenters. The summed E-state index contributed by atoms with van der Waals surface area (Å²) in [4.78, 5) is 11.1. The largest absolute Gasteiger partial charge is 0.494 e. The third kappa shape index (κ3) is 2.42. The quantitative estimate of drug-likeness (QED) is 0.689. The Balaban J connectivity index is 2.18. The molecule has 1 aliphatic heterocycles. The van der Waals surface area contributed by atoms with Crippen LogP contribution in [-0.2, 0) is 11.2 Å². The van der Waals surface area contributed by atoms with Gasteiger partial charge in [-0.3, -0.25) is 4.79 Å². The summed E-state index contributed by atoms with van der Waals surface area (Å²) in [5.41, 5.74) is 5.11. The molecule has 0 saturated heterocycles. The molecule has 2 aromatic rings. The molecule has 21 heavy (non-hydrogen) atoms. The van der Waals surface area contributed by atoms with Gasteiger partial charge in [-0.25, -0.2) is 0 Å². The van der Waals surface area contributed by atoms with Crippen molar-refractivity contribution in [1.82, 2.24) is 0 Å². The molecule has 1 heterocycles. The highest BCUT2D eigenvalue weighted by Crippen LogP contribution is 2.40. The normalized spacial score (nSPS) is 13.5. The summed E-state index contributed by atoms with van der Waals surface area (Å²) in [5, 5.41) is 3.37. The predicted octanol–water partition coefficient (Wildman–Crippen LogP) is 3.29. The second-order valence-corrected chi connectivity index (χ2v) is 4.94. The monoisotopic (exact) mass is 279 g/mol. The summed E-state index contributed by atoms with van der Waals surface area (Å²) in [6.07, 6.45) is 3.42. The van der Waals surface area contributed by atoms with E-state index in [0.29, 0.717) is 0 Å². The van der Waals surface area contributed by atoms with E-state index in [4.69, 9.17) is 4.74 Å². The number of anilines is 1. The van der Waals surface area contributed by atoms with Gasteiger partial charge in [-0.05, 0) is 29.2 Å². The van der Waals surface area contributed by atoms with Gasteiger partial charge in [0, 0.05) is 12.1 Å². The van der Waals surface area contributed by atoms with Gasteiger partial charge < -0.3 is 10.1 Å². The van der Waals surface area contributed by atoms with Crippen LogP contribution < -0.4 is 10.1 Å². The highest BCUT2D eigenvalue weighted by atomic mass is 16.5. The molecule has 106 valence electrons. The first-order valence-electron chi connectivity index (χ1n) is 7.00. The van der Waals surface area contributed by atoms with Crippen LogP contribution in [0.1, 0.15) is 16.7 Å². The topological polar surface area (TPSA) is 38.3 Å². The van der Waals surface area contributed by atoms with Crippen molar-refractivity contribution in [3.63, 3.8) is 0 Å². The Hall–Kier alpha value is -2.55. The van der Waals surface area contributed by atoms with Crippen molar-refractivity contribution in [3.8, 4) is 5.75 Å². The van der Waals surface area contributed by atoms with Gasteiger partial charge in [-0.2, -0.15) is 0 Å². The number of aldehydes is 1. The molecule has 0 aromatic heterocycles. The highest BCUT2D eigenvalue weighted by Gasteiger charge is 2.20. The lowest BCUT2D eigenvalue weighted by Gasteiger charge is -2.16. The Kier molecular flexibility index (Phi) is 3.73. The highest BCUT2D eigenvalue weighted by molar-refractivity contribution is 5.93. The molecule has 2 aromatic carbocycles. The average Bonchev–Trinajstić information content (AvgIpc) is 3.01. The number of carbonyl (C=O) groups excluding carboxylic acids is 1. The van der Waals surface area contributed by atoms with Gasteiger partial charge in [-0.15, -0.1) is 0 Å². The van der Waals surface area contributed by atoms with Gasteiger partial charge in [-0.1, -0.05) is 42.5 Å². The summed E-state index contributed by atoms with van der Waals surface area (Å²) in [5.74, 6) is 0.807. The Bertz CT molecular complexity index is 690. The summed E-state index contributed by atoms with van der Waals surface area (Å²) in [7, 11) is 1.67. The van der Waals surface area contributed by atoms with Crippen LogP contribution >= 0.6 is 0 Å². The van der Waals surface area contributed by atoms with Crippen LogP contribution in [-0.4, -0.2) is 19.9 Å². The van der Waals surface area contributed by atoms with E-state index in [1.807, 2.05) is 36.4 Å². The maximum absolute atomic E-state index is 11.1. The Labute approximate surface area is 124 Å². The van der Waals surface area contributed by atoms with Crippen LogP contribution in [0, 0.1) is 0 Å². The van der Waals surface area contributed by atoms with E-state index in [0.717, 1.165) is 47.4 Å². The van der Waals surface area contributed by atoms with Gasteiger partial charge in [0.2, 0.25) is 0 Å². The van der Waals surface area contributed by atoms with Crippen molar-refractivity contribution in [3.05, 3.63) is 65.2 Å². The Morgan fingerprint density at radius 2 is 2.00 bits per heavy atom. The van der Waals surface area contributed by atoms with Crippen LogP contribution in [0.2, 0.25) is 0 Å². The molecule has 1 aliphatic rings. The van der Waals surface area contributed by atoms with Gasteiger partial charge in [0.05, 0.1) is 12.8 Å². The van der Waals surface area contributed by atoms with E-state index in [9.17, 15) is 4.79 Å². The summed E-state index contributed by atoms with van der Waals surface area (Å²) >= 11 is 0. The van der Waals surface area contributed by atoms with Crippen molar-refractivity contribution >= 4 is 17.5 Å². The minimum Gasteiger partial charge on any atom is -0.494 e. The van der Waals surface area contributed by atoms with Gasteiger partial charge in [0.15, 0.2) is 0 Å². The SMILES string of the molecule is COc1c(/C(=C/C=O)c2ccccc2)ccc2c1NCC2. The molecule has 0 radical (unpaired) electrons. The minimum absolute atomic E-state index is 0.807. The van der Waals surface area contributed by atoms with Crippen molar-refractivity contribution in [2.24, 2.45) is 0 Å². The molecule has 0 amide bonds. The van der Waals surface area contributed by atoms with Crippen LogP contribution in [0.3, 0.4) is 0 Å². The number of carbonyl (C=O) groups is 1. The third-order valence-electron chi connectivity index (χ3n) is 3.75. The first kappa shape index (κ1) is 13.4. The number of nitrogens with one attached hydrogen (secondary N) is 1. The molecule has 0 bridgehead atoms. The van der Waals surface area contributed by atoms with Crippen molar-refractivity contribution in [1.29, 1.82) is 0 Å². The number of methoxy groups -OCH3 is 1. The molecule has 3 heteroatoms. The lowest BCUT2D eigenvalue weighted by atomic mass is 9.95. The minimum atomic E-state index is 0.807. The summed E-state index contributed by atoms with van der Waals surface area (Å²) in [6, 6.07) is 14.0. The molecular weight excluding hydrogens is 262 g/mol. The van der Waals surface area contributed by atoms with Crippen molar-refractivity contribution in [2.75, 3.05) is 19.0 Å². The van der Waals surface area contributed by atoms with E-state index >= 15 is 0 Å². The molecule has 3 nitrogen and oxygen atoms in total. The fourth-order valence-corrected chi connectivity index (χ4v) is 2.80. The van der Waals surface area contributed by atoms with E-state index in [2.05, 4.69) is 11.4 Å². The lowest BCUT2D eigenvalue weighted by Crippen LogP contribution is -1.99. The van der Waals surface area contributed by atoms with Gasteiger partial charge in [0.1, 0.15) is 12.0 Å². The first-order chi connectivity index (χ1) is 10.3. The number of ether oxygens (including phenoxy) is 1. The third-order valence-corrected chi connectivity index (χ3v) is 3.75. The van der Waals surface area contributed by atoms with E-state index in [1.165, 1.54) is 5.56 Å². The Morgan fingerprint density at radius 3 is 2.71 bits per heavy atom. The van der Waals surface area contributed by atoms with Crippen LogP contribution in [0.15, 0.2) is 48.5 Å². The molecule has 0 atom stereocenters. The van der Waals surface area contributed by atoms with Crippen LogP contribution in [0.4, 0.5) is 5.69 Å². The van der Waals surface area contributed by atoms with Crippen LogP contribution in [0.25, 0.3) is 5.57 Å². The fourth-order valence-electron chi connectivity index (χ4n) is 2.80. The molecule has 0 fully saturated rings. The average molecular weight is 279 g/mol. The zero-order chi connectivity index (χ0) is 14.7. The zero-order valence-corrected chi connectivity index (χ0v) is 11.9. The molecule has 0 spiro atoms. The molecule has 3 rings (SSSR count). The maximum Gasteiger partial charge on any atom is 0.150 e. The molecule has 0 aliphatic carbocycles. The standard InChI is InChI=1S/C18H17NO2/c1-21-18-16(8-7-14-9-11-19-17(14)18)15(10-12-20)13-5-3-2-4-6-13/h2-8,10,12,19H,9,11H2,1H3/b15-10+. The number of allylic oxidation sites excluding steroid dienone is 1. The van der Waals surface area contributed by atoms with E-state index in [-0.39, 0.29) is 0 Å². The number of hydrogen-bond acceptors (Lipinski definition) is 3. The summed E-state index contributed by atoms with van der Waals surface area (Å²) < 4.78 is 5.62. The molecular formula is C18H17NO2. The second kappa shape index (κ2) is 5.83. The lowest BCUT2D eigenvalue weighted by molar-refractivity contribution is -0.104. The fraction of sp³-hybridized carbons (Fsp3) is 0.167. The zero-order valence-electron chi connectivity index (χ0n) is 11.9. The number of benzene rings is 2. The first-order valence-corrected chi connectivity index (χ1v) is 7.00. The number of fused-ring (bicyclic) bond motifs is 1. The maximum atomic E-state index is 11.1. The second-order valence-electron chi connectivity index (χ2n) is 4.94. The van der Waals surface area contributed by atoms with Crippen molar-refractivity contribution < 1.29 is 9.53 Å². The van der Waals surface area contributed by atoms with E-state index < -0.39 is 0 Å². The van der Waals surface area contributed by atoms with E-state index in [1.54, 1.807) is 13.2 Å². The van der Waals surface area contributed by atoms with Crippen molar-refractivity contribution in [2.45, 2.75) is 6.42 Å². The predicted molar refractivity (Wildman–Crippen MR) is 84.8 cm³/mol. The smallest absolute Gasteiger partial charge is 0.150 e.